The van der Waals surface area contributed by atoms with Gasteiger partial charge in [0.1, 0.15) is 37.7 Å². The van der Waals surface area contributed by atoms with Gasteiger partial charge in [0.2, 0.25) is 0 Å². The molecule has 2 aromatic rings. The van der Waals surface area contributed by atoms with Crippen LogP contribution in [0.3, 0.4) is 0 Å². The molecule has 27 heavy (non-hydrogen) atoms. The van der Waals surface area contributed by atoms with Crippen LogP contribution in [-0.4, -0.2) is 37.5 Å². The average molecular weight is 389 g/mol. The first-order valence-electron chi connectivity index (χ1n) is 8.75. The molecular formula is C20H25FN2O3Si. The SMILES string of the molecule is CCON=C(C(C)=NO)c1ccc(OC[Si](C)(C)c2ccc(F)cc2)cc1. The maximum absolute atomic E-state index is 13.1. The van der Waals surface area contributed by atoms with Crippen LogP contribution in [0.5, 0.6) is 5.75 Å². The highest BCUT2D eigenvalue weighted by molar-refractivity contribution is 6.89. The van der Waals surface area contributed by atoms with E-state index in [0.717, 1.165) is 16.5 Å². The number of ether oxygens (including phenoxy) is 1. The third-order valence-electron chi connectivity index (χ3n) is 4.13. The van der Waals surface area contributed by atoms with E-state index >= 15 is 0 Å². The molecule has 7 heteroatoms. The zero-order chi connectivity index (χ0) is 19.9. The second-order valence-corrected chi connectivity index (χ2v) is 11.4. The molecule has 2 aromatic carbocycles. The van der Waals surface area contributed by atoms with E-state index in [1.165, 1.54) is 12.1 Å². The van der Waals surface area contributed by atoms with Gasteiger partial charge in [-0.05, 0) is 50.2 Å². The number of oxime groups is 2. The molecule has 0 amide bonds. The molecule has 5 nitrogen and oxygen atoms in total. The van der Waals surface area contributed by atoms with Crippen LogP contribution >= 0.6 is 0 Å². The fraction of sp³-hybridized carbons (Fsp3) is 0.300. The highest BCUT2D eigenvalue weighted by Gasteiger charge is 2.24. The van der Waals surface area contributed by atoms with Gasteiger partial charge in [-0.1, -0.05) is 40.7 Å². The van der Waals surface area contributed by atoms with Crippen molar-refractivity contribution in [3.63, 3.8) is 0 Å². The molecule has 0 heterocycles. The van der Waals surface area contributed by atoms with Crippen LogP contribution < -0.4 is 9.92 Å². The Labute approximate surface area is 160 Å². The lowest BCUT2D eigenvalue weighted by atomic mass is 10.1. The van der Waals surface area contributed by atoms with E-state index in [-0.39, 0.29) is 5.82 Å². The van der Waals surface area contributed by atoms with E-state index in [1.54, 1.807) is 6.92 Å². The van der Waals surface area contributed by atoms with Gasteiger partial charge in [0.25, 0.3) is 0 Å². The van der Waals surface area contributed by atoms with Crippen molar-refractivity contribution in [2.24, 2.45) is 10.3 Å². The van der Waals surface area contributed by atoms with Crippen LogP contribution in [0.2, 0.25) is 13.1 Å². The molecule has 0 atom stereocenters. The number of benzene rings is 2. The summed E-state index contributed by atoms with van der Waals surface area (Å²) in [7, 11) is -1.85. The van der Waals surface area contributed by atoms with Gasteiger partial charge in [-0.3, -0.25) is 0 Å². The molecule has 0 saturated carbocycles. The van der Waals surface area contributed by atoms with Crippen LogP contribution in [0.15, 0.2) is 58.8 Å². The van der Waals surface area contributed by atoms with Gasteiger partial charge in [0, 0.05) is 5.56 Å². The fourth-order valence-electron chi connectivity index (χ4n) is 2.46. The van der Waals surface area contributed by atoms with Gasteiger partial charge in [-0.15, -0.1) is 0 Å². The molecule has 1 N–H and O–H groups in total. The van der Waals surface area contributed by atoms with Crippen molar-refractivity contribution in [3.05, 3.63) is 59.9 Å². The predicted molar refractivity (Wildman–Crippen MR) is 109 cm³/mol. The molecule has 0 saturated heterocycles. The molecule has 0 aromatic heterocycles. The third-order valence-corrected chi connectivity index (χ3v) is 6.89. The van der Waals surface area contributed by atoms with Gasteiger partial charge in [-0.2, -0.15) is 0 Å². The number of halogens is 1. The van der Waals surface area contributed by atoms with Crippen LogP contribution in [0, 0.1) is 5.82 Å². The maximum Gasteiger partial charge on any atom is 0.134 e. The minimum atomic E-state index is -1.85. The summed E-state index contributed by atoms with van der Waals surface area (Å²) in [6.07, 6.45) is 0.578. The van der Waals surface area contributed by atoms with Crippen molar-refractivity contribution >= 4 is 24.7 Å². The Hall–Kier alpha value is -2.67. The number of hydrogen-bond acceptors (Lipinski definition) is 5. The molecule has 0 unspecified atom stereocenters. The summed E-state index contributed by atoms with van der Waals surface area (Å²) in [5.41, 5.74) is 1.59. The van der Waals surface area contributed by atoms with Crippen molar-refractivity contribution in [1.82, 2.24) is 0 Å². The first kappa shape index (κ1) is 20.6. The normalized spacial score (nSPS) is 12.8. The molecule has 2 rings (SSSR count). The predicted octanol–water partition coefficient (Wildman–Crippen LogP) is 3.95. The second kappa shape index (κ2) is 9.32. The molecule has 0 aliphatic heterocycles. The first-order valence-corrected chi connectivity index (χ1v) is 12.0. The lowest BCUT2D eigenvalue weighted by Gasteiger charge is -2.23. The Kier molecular flexibility index (Phi) is 7.12. The van der Waals surface area contributed by atoms with E-state index in [4.69, 9.17) is 14.8 Å². The summed E-state index contributed by atoms with van der Waals surface area (Å²) < 4.78 is 19.1. The molecule has 0 aliphatic rings. The summed E-state index contributed by atoms with van der Waals surface area (Å²) in [5.74, 6) is 0.502. The minimum Gasteiger partial charge on any atom is -0.497 e. The Bertz CT molecular complexity index is 803. The van der Waals surface area contributed by atoms with Gasteiger partial charge < -0.3 is 14.8 Å². The summed E-state index contributed by atoms with van der Waals surface area (Å²) in [6.45, 7) is 8.27. The highest BCUT2D eigenvalue weighted by Crippen LogP contribution is 2.16. The summed E-state index contributed by atoms with van der Waals surface area (Å²) in [6, 6.07) is 14.0. The lowest BCUT2D eigenvalue weighted by molar-refractivity contribution is 0.159. The second-order valence-electron chi connectivity index (χ2n) is 6.75. The van der Waals surface area contributed by atoms with Crippen LogP contribution in [-0.2, 0) is 4.84 Å². The number of hydrogen-bond donors (Lipinski definition) is 1. The van der Waals surface area contributed by atoms with Crippen LogP contribution in [0.4, 0.5) is 4.39 Å². The van der Waals surface area contributed by atoms with Gasteiger partial charge >= 0.3 is 0 Å². The lowest BCUT2D eigenvalue weighted by Crippen LogP contribution is -2.47. The maximum atomic E-state index is 13.1. The Morgan fingerprint density at radius 1 is 1.07 bits per heavy atom. The zero-order valence-electron chi connectivity index (χ0n) is 16.1. The average Bonchev–Trinajstić information content (AvgIpc) is 2.67. The van der Waals surface area contributed by atoms with E-state index in [2.05, 4.69) is 23.4 Å². The highest BCUT2D eigenvalue weighted by atomic mass is 28.3. The zero-order valence-corrected chi connectivity index (χ0v) is 17.1. The molecule has 144 valence electrons. The van der Waals surface area contributed by atoms with Crippen LogP contribution in [0.1, 0.15) is 19.4 Å². The van der Waals surface area contributed by atoms with E-state index in [0.29, 0.717) is 24.3 Å². The molecule has 0 spiro atoms. The quantitative estimate of drug-likeness (QED) is 0.322. The Morgan fingerprint density at radius 3 is 2.26 bits per heavy atom. The van der Waals surface area contributed by atoms with Gasteiger partial charge in [0.15, 0.2) is 0 Å². The fourth-order valence-corrected chi connectivity index (χ4v) is 4.22. The summed E-state index contributed by atoms with van der Waals surface area (Å²) in [5, 5.41) is 17.4. The van der Waals surface area contributed by atoms with E-state index < -0.39 is 8.07 Å². The standard InChI is InChI=1S/C20H25FN2O3Si/c1-5-26-23-20(15(2)22-24)16-6-10-18(11-7-16)25-14-27(3,4)19-12-8-17(21)9-13-19/h6-13,24H,5,14H2,1-4H3. The van der Waals surface area contributed by atoms with E-state index in [9.17, 15) is 4.39 Å². The van der Waals surface area contributed by atoms with Crippen molar-refractivity contribution in [1.29, 1.82) is 0 Å². The molecule has 0 fully saturated rings. The Balaban J connectivity index is 2.09. The largest absolute Gasteiger partial charge is 0.497 e. The smallest absolute Gasteiger partial charge is 0.134 e. The third kappa shape index (κ3) is 5.65. The van der Waals surface area contributed by atoms with Crippen molar-refractivity contribution in [2.45, 2.75) is 26.9 Å². The first-order chi connectivity index (χ1) is 12.9. The van der Waals surface area contributed by atoms with Crippen molar-refractivity contribution in [2.75, 3.05) is 12.8 Å². The van der Waals surface area contributed by atoms with Crippen molar-refractivity contribution < 1.29 is 19.2 Å². The number of nitrogens with zero attached hydrogens (tertiary/aromatic N) is 2. The minimum absolute atomic E-state index is 0.230. The Morgan fingerprint density at radius 2 is 1.70 bits per heavy atom. The molecule has 0 bridgehead atoms. The summed E-state index contributed by atoms with van der Waals surface area (Å²) in [4.78, 5) is 5.10. The topological polar surface area (TPSA) is 63.4 Å². The monoisotopic (exact) mass is 388 g/mol. The van der Waals surface area contributed by atoms with E-state index in [1.807, 2.05) is 43.3 Å². The molecular weight excluding hydrogens is 363 g/mol. The van der Waals surface area contributed by atoms with Gasteiger partial charge in [-0.25, -0.2) is 4.39 Å². The summed E-state index contributed by atoms with van der Waals surface area (Å²) >= 11 is 0. The van der Waals surface area contributed by atoms with Crippen LogP contribution in [0.25, 0.3) is 0 Å². The molecule has 0 radical (unpaired) electrons. The molecule has 0 aliphatic carbocycles. The van der Waals surface area contributed by atoms with Gasteiger partial charge in [0.05, 0.1) is 6.23 Å². The van der Waals surface area contributed by atoms with Crippen molar-refractivity contribution in [3.8, 4) is 5.75 Å². The number of rotatable bonds is 8.